The summed E-state index contributed by atoms with van der Waals surface area (Å²) < 4.78 is 34.4. The van der Waals surface area contributed by atoms with E-state index in [9.17, 15) is 13.2 Å². The zero-order valence-electron chi connectivity index (χ0n) is 18.5. The summed E-state index contributed by atoms with van der Waals surface area (Å²) in [6.07, 6.45) is 6.04. The first-order valence-electron chi connectivity index (χ1n) is 11.2. The van der Waals surface area contributed by atoms with Gasteiger partial charge in [0.05, 0.1) is 11.5 Å². The van der Waals surface area contributed by atoms with Gasteiger partial charge in [-0.1, -0.05) is 28.4 Å². The summed E-state index contributed by atoms with van der Waals surface area (Å²) in [6, 6.07) is 10.4. The molecule has 2 aromatic rings. The Hall–Kier alpha value is -2.01. The number of pyridine rings is 1. The molecule has 2 aliphatic rings. The zero-order chi connectivity index (χ0) is 23.3. The Morgan fingerprint density at radius 1 is 1.06 bits per heavy atom. The molecule has 1 aromatic heterocycles. The number of piperazine rings is 1. The molecule has 10 heteroatoms. The molecule has 2 saturated heterocycles. The molecule has 3 heterocycles. The van der Waals surface area contributed by atoms with Crippen molar-refractivity contribution in [2.24, 2.45) is 0 Å². The van der Waals surface area contributed by atoms with Crippen LogP contribution in [-0.4, -0.2) is 80.5 Å². The fourth-order valence-corrected chi connectivity index (χ4v) is 6.64. The van der Waals surface area contributed by atoms with Crippen molar-refractivity contribution in [3.05, 3.63) is 53.3 Å². The number of anilines is 1. The number of carbonyl (C=O) groups excluding carboxylic acids is 1. The van der Waals surface area contributed by atoms with Crippen LogP contribution in [0.5, 0.6) is 0 Å². The quantitative estimate of drug-likeness (QED) is 0.541. The molecule has 2 fully saturated rings. The normalized spacial score (nSPS) is 20.1. The Labute approximate surface area is 203 Å². The Morgan fingerprint density at radius 2 is 1.82 bits per heavy atom. The summed E-state index contributed by atoms with van der Waals surface area (Å²) in [4.78, 5) is 21.0. The van der Waals surface area contributed by atoms with Gasteiger partial charge in [-0.3, -0.25) is 9.78 Å². The standard InChI is InChI=1S/C23H29BrN4O4S/c24-19-4-3-6-22(16-19)33(30,31)28-11-2-1-5-21(28)17-32-18-23(29)27-14-12-26(13-15-27)20-7-9-25-10-8-20/h3-4,6-10,16,21H,1-2,5,11-15,17-18H2. The van der Waals surface area contributed by atoms with Crippen molar-refractivity contribution >= 4 is 37.5 Å². The smallest absolute Gasteiger partial charge is 0.248 e. The van der Waals surface area contributed by atoms with Crippen LogP contribution in [0.15, 0.2) is 58.2 Å². The number of piperidine rings is 1. The second kappa shape index (κ2) is 10.9. The summed E-state index contributed by atoms with van der Waals surface area (Å²) in [5, 5.41) is 0. The van der Waals surface area contributed by atoms with Crippen LogP contribution >= 0.6 is 15.9 Å². The molecule has 8 nitrogen and oxygen atoms in total. The molecule has 4 rings (SSSR count). The van der Waals surface area contributed by atoms with Gasteiger partial charge < -0.3 is 14.5 Å². The molecule has 1 aromatic carbocycles. The van der Waals surface area contributed by atoms with Crippen molar-refractivity contribution < 1.29 is 17.9 Å². The molecule has 0 bridgehead atoms. The first kappa shape index (κ1) is 24.1. The van der Waals surface area contributed by atoms with Gasteiger partial charge in [-0.05, 0) is 43.2 Å². The largest absolute Gasteiger partial charge is 0.370 e. The summed E-state index contributed by atoms with van der Waals surface area (Å²) in [7, 11) is -3.62. The van der Waals surface area contributed by atoms with Gasteiger partial charge in [-0.25, -0.2) is 8.42 Å². The van der Waals surface area contributed by atoms with Gasteiger partial charge in [0.1, 0.15) is 6.61 Å². The van der Waals surface area contributed by atoms with Crippen LogP contribution in [0.4, 0.5) is 5.69 Å². The number of benzene rings is 1. The molecule has 1 amide bonds. The summed E-state index contributed by atoms with van der Waals surface area (Å²) in [5.74, 6) is -0.0541. The van der Waals surface area contributed by atoms with Gasteiger partial charge in [-0.15, -0.1) is 0 Å². The lowest BCUT2D eigenvalue weighted by atomic mass is 10.1. The van der Waals surface area contributed by atoms with Crippen LogP contribution < -0.4 is 4.90 Å². The SMILES string of the molecule is O=C(COCC1CCCCN1S(=O)(=O)c1cccc(Br)c1)N1CCN(c2ccncc2)CC1. The minimum atomic E-state index is -3.62. The van der Waals surface area contributed by atoms with E-state index in [0.717, 1.165) is 42.5 Å². The van der Waals surface area contributed by atoms with Crippen molar-refractivity contribution in [3.8, 4) is 0 Å². The van der Waals surface area contributed by atoms with Gasteiger partial charge >= 0.3 is 0 Å². The predicted octanol–water partition coefficient (Wildman–Crippen LogP) is 2.75. The Balaban J connectivity index is 1.29. The number of rotatable bonds is 7. The van der Waals surface area contributed by atoms with Crippen molar-refractivity contribution in [2.75, 3.05) is 50.8 Å². The third kappa shape index (κ3) is 5.92. The first-order valence-corrected chi connectivity index (χ1v) is 13.5. The Bertz CT molecular complexity index is 1050. The summed E-state index contributed by atoms with van der Waals surface area (Å²) in [5.41, 5.74) is 1.11. The van der Waals surface area contributed by atoms with Crippen LogP contribution in [-0.2, 0) is 19.6 Å². The van der Waals surface area contributed by atoms with Crippen molar-refractivity contribution in [3.63, 3.8) is 0 Å². The third-order valence-electron chi connectivity index (χ3n) is 6.17. The molecule has 178 valence electrons. The van der Waals surface area contributed by atoms with Crippen LogP contribution in [0.2, 0.25) is 0 Å². The number of carbonyl (C=O) groups is 1. The van der Waals surface area contributed by atoms with Crippen molar-refractivity contribution in [1.82, 2.24) is 14.2 Å². The van der Waals surface area contributed by atoms with Crippen LogP contribution in [0.25, 0.3) is 0 Å². The molecule has 0 N–H and O–H groups in total. The van der Waals surface area contributed by atoms with E-state index in [4.69, 9.17) is 4.74 Å². The number of ether oxygens (including phenoxy) is 1. The molecule has 0 aliphatic carbocycles. The average Bonchev–Trinajstić information content (AvgIpc) is 2.85. The zero-order valence-corrected chi connectivity index (χ0v) is 20.9. The predicted molar refractivity (Wildman–Crippen MR) is 130 cm³/mol. The maximum atomic E-state index is 13.2. The maximum Gasteiger partial charge on any atom is 0.248 e. The minimum absolute atomic E-state index is 0.0312. The number of halogens is 1. The lowest BCUT2D eigenvalue weighted by Crippen LogP contribution is -2.50. The molecule has 1 unspecified atom stereocenters. The average molecular weight is 537 g/mol. The molecule has 0 spiro atoms. The van der Waals surface area contributed by atoms with Crippen molar-refractivity contribution in [1.29, 1.82) is 0 Å². The second-order valence-electron chi connectivity index (χ2n) is 8.31. The van der Waals surface area contributed by atoms with E-state index in [2.05, 4.69) is 25.8 Å². The third-order valence-corrected chi connectivity index (χ3v) is 8.61. The summed E-state index contributed by atoms with van der Waals surface area (Å²) in [6.45, 7) is 3.45. The topological polar surface area (TPSA) is 83.0 Å². The number of sulfonamides is 1. The molecule has 2 aliphatic heterocycles. The van der Waals surface area contributed by atoms with Crippen LogP contribution in [0.1, 0.15) is 19.3 Å². The highest BCUT2D eigenvalue weighted by molar-refractivity contribution is 9.10. The number of amides is 1. The summed E-state index contributed by atoms with van der Waals surface area (Å²) >= 11 is 3.35. The molecule has 1 atom stereocenters. The van der Waals surface area contributed by atoms with Crippen LogP contribution in [0.3, 0.4) is 0 Å². The number of hydrogen-bond donors (Lipinski definition) is 0. The number of nitrogens with zero attached hydrogens (tertiary/aromatic N) is 4. The van der Waals surface area contributed by atoms with E-state index in [1.54, 1.807) is 36.7 Å². The van der Waals surface area contributed by atoms with E-state index >= 15 is 0 Å². The minimum Gasteiger partial charge on any atom is -0.370 e. The van der Waals surface area contributed by atoms with E-state index in [-0.39, 0.29) is 30.1 Å². The fourth-order valence-electron chi connectivity index (χ4n) is 4.36. The van der Waals surface area contributed by atoms with Gasteiger partial charge in [0.25, 0.3) is 0 Å². The fraction of sp³-hybridized carbons (Fsp3) is 0.478. The highest BCUT2D eigenvalue weighted by Crippen LogP contribution is 2.27. The van der Waals surface area contributed by atoms with Gasteiger partial charge in [0, 0.05) is 61.3 Å². The molecular formula is C23H29BrN4O4S. The van der Waals surface area contributed by atoms with Gasteiger partial charge in [0.2, 0.25) is 15.9 Å². The number of aromatic nitrogens is 1. The van der Waals surface area contributed by atoms with E-state index in [1.807, 2.05) is 17.0 Å². The van der Waals surface area contributed by atoms with E-state index in [1.165, 1.54) is 4.31 Å². The maximum absolute atomic E-state index is 13.2. The highest BCUT2D eigenvalue weighted by Gasteiger charge is 2.34. The van der Waals surface area contributed by atoms with Crippen LogP contribution in [0, 0.1) is 0 Å². The Kier molecular flexibility index (Phi) is 8.00. The van der Waals surface area contributed by atoms with Crippen molar-refractivity contribution in [2.45, 2.75) is 30.2 Å². The Morgan fingerprint density at radius 3 is 2.55 bits per heavy atom. The van der Waals surface area contributed by atoms with Gasteiger partial charge in [-0.2, -0.15) is 4.31 Å². The first-order chi connectivity index (χ1) is 15.9. The van der Waals surface area contributed by atoms with E-state index < -0.39 is 10.0 Å². The lowest BCUT2D eigenvalue weighted by molar-refractivity contribution is -0.137. The molecule has 33 heavy (non-hydrogen) atoms. The second-order valence-corrected chi connectivity index (χ2v) is 11.1. The van der Waals surface area contributed by atoms with E-state index in [0.29, 0.717) is 19.6 Å². The molecule has 0 radical (unpaired) electrons. The number of hydrogen-bond acceptors (Lipinski definition) is 6. The lowest BCUT2D eigenvalue weighted by Gasteiger charge is -2.36. The molecular weight excluding hydrogens is 508 g/mol. The highest BCUT2D eigenvalue weighted by atomic mass is 79.9. The monoisotopic (exact) mass is 536 g/mol. The van der Waals surface area contributed by atoms with Gasteiger partial charge in [0.15, 0.2) is 0 Å². The molecule has 0 saturated carbocycles.